The molecule has 0 bridgehead atoms. The van der Waals surface area contributed by atoms with Crippen LogP contribution in [0, 0.1) is 5.82 Å². The first kappa shape index (κ1) is 19.3. The number of aromatic nitrogens is 2. The van der Waals surface area contributed by atoms with Crippen LogP contribution in [0.2, 0.25) is 0 Å². The molecule has 0 fully saturated rings. The number of amides is 1. The molecule has 0 spiro atoms. The molecular formula is C20H20FN3O4. The fourth-order valence-corrected chi connectivity index (χ4v) is 2.30. The minimum absolute atomic E-state index is 0.00436. The molecule has 0 saturated heterocycles. The highest BCUT2D eigenvalue weighted by molar-refractivity contribution is 5.92. The Bertz CT molecular complexity index is 927. The minimum atomic E-state index is -0.950. The third kappa shape index (κ3) is 4.85. The number of carbonyl (C=O) groups excluding carboxylic acids is 1. The molecule has 28 heavy (non-hydrogen) atoms. The van der Waals surface area contributed by atoms with E-state index in [9.17, 15) is 9.18 Å². The second kappa shape index (κ2) is 8.98. The maximum Gasteiger partial charge on any atom is 0.270 e. The molecule has 0 unspecified atom stereocenters. The summed E-state index contributed by atoms with van der Waals surface area (Å²) in [5, 5.41) is 6.22. The van der Waals surface area contributed by atoms with E-state index in [1.165, 1.54) is 25.1 Å². The molecule has 2 aromatic carbocycles. The van der Waals surface area contributed by atoms with E-state index in [4.69, 9.17) is 14.0 Å². The van der Waals surface area contributed by atoms with Gasteiger partial charge in [-0.1, -0.05) is 19.1 Å². The van der Waals surface area contributed by atoms with E-state index in [0.717, 1.165) is 12.2 Å². The van der Waals surface area contributed by atoms with Gasteiger partial charge >= 0.3 is 0 Å². The van der Waals surface area contributed by atoms with Gasteiger partial charge in [0.2, 0.25) is 0 Å². The van der Waals surface area contributed by atoms with E-state index < -0.39 is 17.8 Å². The van der Waals surface area contributed by atoms with Gasteiger partial charge in [-0.3, -0.25) is 10.1 Å². The first-order chi connectivity index (χ1) is 13.6. The van der Waals surface area contributed by atoms with E-state index >= 15 is 0 Å². The van der Waals surface area contributed by atoms with Crippen LogP contribution in [0.25, 0.3) is 11.5 Å². The number of rotatable bonds is 8. The fourth-order valence-electron chi connectivity index (χ4n) is 2.30. The smallest absolute Gasteiger partial charge is 0.270 e. The zero-order valence-electron chi connectivity index (χ0n) is 15.5. The summed E-state index contributed by atoms with van der Waals surface area (Å²) in [6, 6.07) is 13.0. The van der Waals surface area contributed by atoms with Crippen molar-refractivity contribution in [2.45, 2.75) is 26.4 Å². The van der Waals surface area contributed by atoms with Crippen LogP contribution < -0.4 is 14.8 Å². The van der Waals surface area contributed by atoms with Gasteiger partial charge in [-0.25, -0.2) is 4.39 Å². The summed E-state index contributed by atoms with van der Waals surface area (Å²) in [5.41, 5.74) is 0.688. The quantitative estimate of drug-likeness (QED) is 0.629. The topological polar surface area (TPSA) is 86.5 Å². The largest absolute Gasteiger partial charge is 0.494 e. The SMILES string of the molecule is CCCOc1ccc(-c2nc(NC(=O)[C@@H](C)Oc3ccccc3F)no2)cc1. The Labute approximate surface area is 161 Å². The van der Waals surface area contributed by atoms with Crippen molar-refractivity contribution in [3.05, 3.63) is 54.3 Å². The molecule has 0 aliphatic heterocycles. The number of halogens is 1. The van der Waals surface area contributed by atoms with Gasteiger partial charge in [0.25, 0.3) is 17.7 Å². The van der Waals surface area contributed by atoms with Gasteiger partial charge < -0.3 is 14.0 Å². The van der Waals surface area contributed by atoms with Crippen LogP contribution in [0.3, 0.4) is 0 Å². The second-order valence-electron chi connectivity index (χ2n) is 5.98. The van der Waals surface area contributed by atoms with Crippen LogP contribution in [0.1, 0.15) is 20.3 Å². The number of para-hydroxylation sites is 1. The molecule has 1 amide bonds. The van der Waals surface area contributed by atoms with Gasteiger partial charge in [0, 0.05) is 5.56 Å². The molecule has 0 aliphatic carbocycles. The standard InChI is InChI=1S/C20H20FN3O4/c1-3-12-26-15-10-8-14(9-11-15)19-23-20(24-28-19)22-18(25)13(2)27-17-7-5-4-6-16(17)21/h4-11,13H,3,12H2,1-2H3,(H,22,24,25)/t13-/m1/s1. The molecular weight excluding hydrogens is 365 g/mol. The Hall–Kier alpha value is -3.42. The molecule has 0 aliphatic rings. The lowest BCUT2D eigenvalue weighted by atomic mass is 10.2. The Morgan fingerprint density at radius 3 is 2.68 bits per heavy atom. The molecule has 1 heterocycles. The van der Waals surface area contributed by atoms with E-state index in [-0.39, 0.29) is 17.6 Å². The molecule has 146 valence electrons. The van der Waals surface area contributed by atoms with Crippen molar-refractivity contribution in [2.75, 3.05) is 11.9 Å². The number of nitrogens with one attached hydrogen (secondary N) is 1. The van der Waals surface area contributed by atoms with Gasteiger partial charge in [0.1, 0.15) is 5.75 Å². The first-order valence-corrected chi connectivity index (χ1v) is 8.86. The van der Waals surface area contributed by atoms with E-state index in [2.05, 4.69) is 15.5 Å². The molecule has 3 aromatic rings. The Kier molecular flexibility index (Phi) is 6.21. The summed E-state index contributed by atoms with van der Waals surface area (Å²) >= 11 is 0. The fraction of sp³-hybridized carbons (Fsp3) is 0.250. The van der Waals surface area contributed by atoms with Crippen molar-refractivity contribution in [1.82, 2.24) is 10.1 Å². The van der Waals surface area contributed by atoms with Crippen LogP contribution in [-0.4, -0.2) is 28.8 Å². The predicted octanol–water partition coefficient (Wildman–Crippen LogP) is 4.07. The van der Waals surface area contributed by atoms with E-state index in [0.29, 0.717) is 12.2 Å². The van der Waals surface area contributed by atoms with Crippen molar-refractivity contribution >= 4 is 11.9 Å². The molecule has 1 aromatic heterocycles. The minimum Gasteiger partial charge on any atom is -0.494 e. The van der Waals surface area contributed by atoms with Crippen molar-refractivity contribution < 1.29 is 23.2 Å². The highest BCUT2D eigenvalue weighted by Gasteiger charge is 2.19. The first-order valence-electron chi connectivity index (χ1n) is 8.86. The molecule has 8 heteroatoms. The van der Waals surface area contributed by atoms with Crippen LogP contribution in [0.5, 0.6) is 11.5 Å². The van der Waals surface area contributed by atoms with Crippen molar-refractivity contribution in [1.29, 1.82) is 0 Å². The highest BCUT2D eigenvalue weighted by atomic mass is 19.1. The maximum atomic E-state index is 13.6. The molecule has 7 nitrogen and oxygen atoms in total. The summed E-state index contributed by atoms with van der Waals surface area (Å²) in [4.78, 5) is 16.4. The van der Waals surface area contributed by atoms with Crippen molar-refractivity contribution in [3.8, 4) is 23.0 Å². The summed E-state index contributed by atoms with van der Waals surface area (Å²) in [5.74, 6) is -0.0910. The van der Waals surface area contributed by atoms with Crippen LogP contribution in [0.4, 0.5) is 10.3 Å². The Balaban J connectivity index is 1.60. The number of benzene rings is 2. The average Bonchev–Trinajstić information content (AvgIpc) is 3.17. The number of hydrogen-bond acceptors (Lipinski definition) is 6. The molecule has 0 radical (unpaired) electrons. The van der Waals surface area contributed by atoms with Crippen LogP contribution >= 0.6 is 0 Å². The van der Waals surface area contributed by atoms with Gasteiger partial charge in [0.15, 0.2) is 17.7 Å². The molecule has 1 atom stereocenters. The third-order valence-corrected chi connectivity index (χ3v) is 3.74. The summed E-state index contributed by atoms with van der Waals surface area (Å²) in [6.07, 6.45) is -0.0260. The van der Waals surface area contributed by atoms with Gasteiger partial charge in [-0.05, 0) is 54.9 Å². The lowest BCUT2D eigenvalue weighted by Crippen LogP contribution is -2.30. The number of hydrogen-bond donors (Lipinski definition) is 1. The third-order valence-electron chi connectivity index (χ3n) is 3.74. The zero-order valence-corrected chi connectivity index (χ0v) is 15.5. The number of carbonyl (C=O) groups is 1. The van der Waals surface area contributed by atoms with E-state index in [1.807, 2.05) is 6.92 Å². The van der Waals surface area contributed by atoms with Crippen LogP contribution in [-0.2, 0) is 4.79 Å². The van der Waals surface area contributed by atoms with Crippen molar-refractivity contribution in [3.63, 3.8) is 0 Å². The lowest BCUT2D eigenvalue weighted by Gasteiger charge is -2.13. The Morgan fingerprint density at radius 2 is 1.96 bits per heavy atom. The maximum absolute atomic E-state index is 13.6. The normalized spacial score (nSPS) is 11.7. The number of nitrogens with zero attached hydrogens (tertiary/aromatic N) is 2. The summed E-state index contributed by atoms with van der Waals surface area (Å²) in [7, 11) is 0. The van der Waals surface area contributed by atoms with Crippen LogP contribution in [0.15, 0.2) is 53.1 Å². The zero-order chi connectivity index (χ0) is 19.9. The van der Waals surface area contributed by atoms with Gasteiger partial charge in [-0.15, -0.1) is 0 Å². The lowest BCUT2D eigenvalue weighted by molar-refractivity contribution is -0.122. The molecule has 3 rings (SSSR count). The summed E-state index contributed by atoms with van der Waals surface area (Å²) < 4.78 is 29.6. The molecule has 0 saturated carbocycles. The average molecular weight is 385 g/mol. The summed E-state index contributed by atoms with van der Waals surface area (Å²) in [6.45, 7) is 4.17. The predicted molar refractivity (Wildman–Crippen MR) is 101 cm³/mol. The Morgan fingerprint density at radius 1 is 1.21 bits per heavy atom. The second-order valence-corrected chi connectivity index (χ2v) is 5.98. The monoisotopic (exact) mass is 385 g/mol. The highest BCUT2D eigenvalue weighted by Crippen LogP contribution is 2.22. The number of ether oxygens (including phenoxy) is 2. The number of anilines is 1. The van der Waals surface area contributed by atoms with Gasteiger partial charge in [0.05, 0.1) is 6.61 Å². The van der Waals surface area contributed by atoms with Gasteiger partial charge in [-0.2, -0.15) is 4.98 Å². The molecule has 1 N–H and O–H groups in total. The van der Waals surface area contributed by atoms with E-state index in [1.54, 1.807) is 30.3 Å². The van der Waals surface area contributed by atoms with Crippen molar-refractivity contribution in [2.24, 2.45) is 0 Å².